The zero-order chi connectivity index (χ0) is 11.6. The summed E-state index contributed by atoms with van der Waals surface area (Å²) in [6.07, 6.45) is 0.884. The predicted octanol–water partition coefficient (Wildman–Crippen LogP) is 1.68. The molecule has 0 radical (unpaired) electrons. The molecule has 0 heterocycles. The van der Waals surface area contributed by atoms with Crippen molar-refractivity contribution in [2.45, 2.75) is 0 Å². The van der Waals surface area contributed by atoms with E-state index in [9.17, 15) is 13.2 Å². The Morgan fingerprint density at radius 3 is 2.40 bits per heavy atom. The van der Waals surface area contributed by atoms with Crippen molar-refractivity contribution >= 4 is 39.1 Å². The first kappa shape index (κ1) is 12.3. The fourth-order valence-electron chi connectivity index (χ4n) is 0.897. The van der Waals surface area contributed by atoms with Gasteiger partial charge in [0.25, 0.3) is 5.91 Å². The van der Waals surface area contributed by atoms with Crippen LogP contribution in [-0.2, 0) is 10.0 Å². The molecule has 0 aliphatic heterocycles. The lowest BCUT2D eigenvalue weighted by Crippen LogP contribution is -2.29. The highest BCUT2D eigenvalue weighted by Crippen LogP contribution is 2.20. The van der Waals surface area contributed by atoms with E-state index in [0.717, 1.165) is 6.26 Å². The van der Waals surface area contributed by atoms with Crippen LogP contribution < -0.4 is 4.72 Å². The second kappa shape index (κ2) is 4.38. The first-order chi connectivity index (χ1) is 6.79. The van der Waals surface area contributed by atoms with E-state index < -0.39 is 15.9 Å². The highest BCUT2D eigenvalue weighted by atomic mass is 35.5. The number of hydrogen-bond acceptors (Lipinski definition) is 3. The van der Waals surface area contributed by atoms with Gasteiger partial charge in [0.15, 0.2) is 0 Å². The standard InChI is InChI=1S/C8H7Cl2NO3S/c1-15(13,14)11-8(12)6-3-2-5(9)4-7(6)10/h2-4H,1H3,(H,11,12). The molecule has 0 spiro atoms. The summed E-state index contributed by atoms with van der Waals surface area (Å²) in [7, 11) is -3.59. The Bertz CT molecular complexity index is 499. The van der Waals surface area contributed by atoms with Crippen LogP contribution in [0.4, 0.5) is 0 Å². The molecule has 15 heavy (non-hydrogen) atoms. The van der Waals surface area contributed by atoms with Gasteiger partial charge in [-0.1, -0.05) is 23.2 Å². The van der Waals surface area contributed by atoms with Gasteiger partial charge in [-0.15, -0.1) is 0 Å². The molecule has 0 saturated carbocycles. The zero-order valence-corrected chi connectivity index (χ0v) is 9.95. The molecule has 0 fully saturated rings. The molecule has 0 bridgehead atoms. The van der Waals surface area contributed by atoms with Gasteiger partial charge in [0.05, 0.1) is 16.8 Å². The Morgan fingerprint density at radius 1 is 1.33 bits per heavy atom. The molecule has 1 aromatic carbocycles. The fraction of sp³-hybridized carbons (Fsp3) is 0.125. The van der Waals surface area contributed by atoms with Gasteiger partial charge in [0.2, 0.25) is 10.0 Å². The van der Waals surface area contributed by atoms with Gasteiger partial charge in [0, 0.05) is 5.02 Å². The molecule has 1 aromatic rings. The van der Waals surface area contributed by atoms with Crippen LogP contribution in [0.15, 0.2) is 18.2 Å². The van der Waals surface area contributed by atoms with E-state index in [2.05, 4.69) is 0 Å². The lowest BCUT2D eigenvalue weighted by atomic mass is 10.2. The minimum atomic E-state index is -3.59. The average molecular weight is 268 g/mol. The summed E-state index contributed by atoms with van der Waals surface area (Å²) in [5.41, 5.74) is 0.0616. The molecule has 0 saturated heterocycles. The van der Waals surface area contributed by atoms with E-state index >= 15 is 0 Å². The quantitative estimate of drug-likeness (QED) is 0.887. The van der Waals surface area contributed by atoms with Gasteiger partial charge in [0.1, 0.15) is 0 Å². The normalized spacial score (nSPS) is 11.1. The van der Waals surface area contributed by atoms with E-state index in [-0.39, 0.29) is 10.6 Å². The highest BCUT2D eigenvalue weighted by Gasteiger charge is 2.14. The third-order valence-electron chi connectivity index (χ3n) is 1.45. The summed E-state index contributed by atoms with van der Waals surface area (Å²) in [4.78, 5) is 11.4. The first-order valence-corrected chi connectivity index (χ1v) is 6.41. The van der Waals surface area contributed by atoms with E-state index in [1.807, 2.05) is 0 Å². The van der Waals surface area contributed by atoms with Crippen LogP contribution in [0, 0.1) is 0 Å². The van der Waals surface area contributed by atoms with Crippen LogP contribution in [0.5, 0.6) is 0 Å². The van der Waals surface area contributed by atoms with Gasteiger partial charge >= 0.3 is 0 Å². The van der Waals surface area contributed by atoms with E-state index in [4.69, 9.17) is 23.2 Å². The van der Waals surface area contributed by atoms with Gasteiger partial charge in [-0.25, -0.2) is 13.1 Å². The third-order valence-corrected chi connectivity index (χ3v) is 2.56. The van der Waals surface area contributed by atoms with Crippen molar-refractivity contribution < 1.29 is 13.2 Å². The molecule has 0 atom stereocenters. The molecule has 0 aromatic heterocycles. The number of benzene rings is 1. The topological polar surface area (TPSA) is 63.2 Å². The van der Waals surface area contributed by atoms with Crippen LogP contribution in [0.1, 0.15) is 10.4 Å². The Labute approximate surface area is 97.2 Å². The van der Waals surface area contributed by atoms with Gasteiger partial charge < -0.3 is 0 Å². The number of halogens is 2. The van der Waals surface area contributed by atoms with Crippen molar-refractivity contribution in [3.63, 3.8) is 0 Å². The Hall–Kier alpha value is -0.780. The average Bonchev–Trinajstić information content (AvgIpc) is 1.99. The predicted molar refractivity (Wildman–Crippen MR) is 58.8 cm³/mol. The molecule has 0 aliphatic carbocycles. The number of sulfonamides is 1. The van der Waals surface area contributed by atoms with Crippen molar-refractivity contribution in [1.82, 2.24) is 4.72 Å². The summed E-state index contributed by atoms with van der Waals surface area (Å²) >= 11 is 11.3. The molecule has 1 amide bonds. The van der Waals surface area contributed by atoms with Crippen LogP contribution in [0.25, 0.3) is 0 Å². The minimum Gasteiger partial charge on any atom is -0.268 e. The molecular weight excluding hydrogens is 261 g/mol. The SMILES string of the molecule is CS(=O)(=O)NC(=O)c1ccc(Cl)cc1Cl. The maximum atomic E-state index is 11.4. The lowest BCUT2D eigenvalue weighted by Gasteiger charge is -2.04. The lowest BCUT2D eigenvalue weighted by molar-refractivity contribution is 0.0982. The summed E-state index contributed by atoms with van der Waals surface area (Å²) in [6, 6.07) is 4.16. The molecule has 4 nitrogen and oxygen atoms in total. The number of carbonyl (C=O) groups is 1. The number of nitrogens with one attached hydrogen (secondary N) is 1. The van der Waals surface area contributed by atoms with Gasteiger partial charge in [-0.05, 0) is 18.2 Å². The van der Waals surface area contributed by atoms with Gasteiger partial charge in [-0.2, -0.15) is 0 Å². The van der Waals surface area contributed by atoms with Crippen LogP contribution in [0.3, 0.4) is 0 Å². The van der Waals surface area contributed by atoms with E-state index in [1.54, 1.807) is 4.72 Å². The number of hydrogen-bond donors (Lipinski definition) is 1. The molecule has 1 rings (SSSR count). The summed E-state index contributed by atoms with van der Waals surface area (Å²) in [5, 5.41) is 0.472. The maximum absolute atomic E-state index is 11.4. The second-order valence-corrected chi connectivity index (χ2v) is 5.42. The summed E-state index contributed by atoms with van der Waals surface area (Å²) in [5.74, 6) is -0.779. The van der Waals surface area contributed by atoms with E-state index in [0.29, 0.717) is 5.02 Å². The fourth-order valence-corrected chi connectivity index (χ4v) is 1.84. The Balaban J connectivity index is 3.02. The first-order valence-electron chi connectivity index (χ1n) is 3.77. The van der Waals surface area contributed by atoms with Crippen molar-refractivity contribution in [3.8, 4) is 0 Å². The molecule has 0 aliphatic rings. The van der Waals surface area contributed by atoms with E-state index in [1.165, 1.54) is 18.2 Å². The smallest absolute Gasteiger partial charge is 0.266 e. The molecular formula is C8H7Cl2NO3S. The summed E-state index contributed by atoms with van der Waals surface area (Å²) < 4.78 is 23.4. The minimum absolute atomic E-state index is 0.0616. The number of amides is 1. The second-order valence-electron chi connectivity index (χ2n) is 2.83. The Kier molecular flexibility index (Phi) is 3.59. The number of carbonyl (C=O) groups excluding carboxylic acids is 1. The van der Waals surface area contributed by atoms with Crippen LogP contribution in [0.2, 0.25) is 10.0 Å². The van der Waals surface area contributed by atoms with Crippen LogP contribution in [-0.4, -0.2) is 20.6 Å². The monoisotopic (exact) mass is 267 g/mol. The van der Waals surface area contributed by atoms with Crippen molar-refractivity contribution in [3.05, 3.63) is 33.8 Å². The third kappa shape index (κ3) is 3.70. The van der Waals surface area contributed by atoms with Crippen molar-refractivity contribution in [2.24, 2.45) is 0 Å². The van der Waals surface area contributed by atoms with Crippen LogP contribution >= 0.6 is 23.2 Å². The highest BCUT2D eigenvalue weighted by molar-refractivity contribution is 7.89. The zero-order valence-electron chi connectivity index (χ0n) is 7.62. The van der Waals surface area contributed by atoms with Crippen molar-refractivity contribution in [2.75, 3.05) is 6.26 Å². The molecule has 7 heteroatoms. The molecule has 1 N–H and O–H groups in total. The molecule has 82 valence electrons. The van der Waals surface area contributed by atoms with Crippen molar-refractivity contribution in [1.29, 1.82) is 0 Å². The Morgan fingerprint density at radius 2 is 1.93 bits per heavy atom. The molecule has 0 unspecified atom stereocenters. The summed E-state index contributed by atoms with van der Waals surface area (Å²) in [6.45, 7) is 0. The largest absolute Gasteiger partial charge is 0.268 e. The van der Waals surface area contributed by atoms with Gasteiger partial charge in [-0.3, -0.25) is 4.79 Å². The number of rotatable bonds is 2. The maximum Gasteiger partial charge on any atom is 0.266 e.